The number of carbonyl (C=O) groups excluding carboxylic acids is 1. The molecule has 100 valence electrons. The zero-order valence-electron chi connectivity index (χ0n) is 10.7. The van der Waals surface area contributed by atoms with Gasteiger partial charge in [0, 0.05) is 25.6 Å². The van der Waals surface area contributed by atoms with Crippen molar-refractivity contribution >= 4 is 18.3 Å². The Hall–Kier alpha value is -0.280. The Morgan fingerprint density at radius 2 is 2.00 bits per heavy atom. The van der Waals surface area contributed by atoms with Crippen LogP contribution in [0.5, 0.6) is 0 Å². The van der Waals surface area contributed by atoms with E-state index < -0.39 is 0 Å². The van der Waals surface area contributed by atoms with Crippen LogP contribution in [-0.4, -0.2) is 29.9 Å². The van der Waals surface area contributed by atoms with Crippen LogP contribution in [0.3, 0.4) is 0 Å². The molecule has 2 fully saturated rings. The van der Waals surface area contributed by atoms with Crippen LogP contribution in [-0.2, 0) is 4.79 Å². The van der Waals surface area contributed by atoms with E-state index in [0.29, 0.717) is 30.3 Å². The van der Waals surface area contributed by atoms with Crippen LogP contribution >= 0.6 is 12.4 Å². The van der Waals surface area contributed by atoms with Gasteiger partial charge in [0.15, 0.2) is 0 Å². The molecule has 2 rings (SSSR count). The largest absolute Gasteiger partial charge is 0.338 e. The molecule has 0 aromatic carbocycles. The molecule has 3 nitrogen and oxygen atoms in total. The molecule has 2 unspecified atom stereocenters. The minimum absolute atomic E-state index is 0. The molecule has 1 saturated heterocycles. The maximum atomic E-state index is 12.2. The van der Waals surface area contributed by atoms with Crippen molar-refractivity contribution in [3.05, 3.63) is 0 Å². The summed E-state index contributed by atoms with van der Waals surface area (Å²) in [6.45, 7) is 3.77. The Balaban J connectivity index is 0.00000144. The highest BCUT2D eigenvalue weighted by molar-refractivity contribution is 5.85. The first-order valence-electron chi connectivity index (χ1n) is 6.72. The normalized spacial score (nSPS) is 29.4. The molecule has 0 spiro atoms. The quantitative estimate of drug-likeness (QED) is 0.846. The van der Waals surface area contributed by atoms with Crippen molar-refractivity contribution in [2.75, 3.05) is 13.1 Å². The predicted octanol–water partition coefficient (Wildman–Crippen LogP) is 2.18. The van der Waals surface area contributed by atoms with E-state index in [9.17, 15) is 4.79 Å². The summed E-state index contributed by atoms with van der Waals surface area (Å²) in [5.41, 5.74) is 5.81. The predicted molar refractivity (Wildman–Crippen MR) is 72.2 cm³/mol. The standard InChI is InChI=1S/C13H24N2O.ClH/c1-10-4-3-7-15(12(10)9-14)13(16)8-11-5-2-6-11;/h10-12H,2-9,14H2,1H3;1H. The summed E-state index contributed by atoms with van der Waals surface area (Å²) in [7, 11) is 0. The number of nitrogens with two attached hydrogens (primary N) is 1. The lowest BCUT2D eigenvalue weighted by molar-refractivity contribution is -0.137. The second-order valence-electron chi connectivity index (χ2n) is 5.51. The third-order valence-electron chi connectivity index (χ3n) is 4.37. The van der Waals surface area contributed by atoms with Gasteiger partial charge in [-0.1, -0.05) is 13.3 Å². The van der Waals surface area contributed by atoms with Gasteiger partial charge in [0.2, 0.25) is 5.91 Å². The van der Waals surface area contributed by atoms with E-state index in [4.69, 9.17) is 5.73 Å². The van der Waals surface area contributed by atoms with Gasteiger partial charge in [0.25, 0.3) is 0 Å². The van der Waals surface area contributed by atoms with Crippen molar-refractivity contribution in [3.63, 3.8) is 0 Å². The average molecular weight is 261 g/mol. The Morgan fingerprint density at radius 1 is 1.29 bits per heavy atom. The van der Waals surface area contributed by atoms with Crippen LogP contribution in [0.15, 0.2) is 0 Å². The van der Waals surface area contributed by atoms with Crippen molar-refractivity contribution in [2.24, 2.45) is 17.6 Å². The number of hydrogen-bond acceptors (Lipinski definition) is 2. The molecule has 2 aliphatic rings. The first-order valence-corrected chi connectivity index (χ1v) is 6.72. The average Bonchev–Trinajstić information content (AvgIpc) is 2.22. The summed E-state index contributed by atoms with van der Waals surface area (Å²) in [5.74, 6) is 1.60. The summed E-state index contributed by atoms with van der Waals surface area (Å²) in [6.07, 6.45) is 6.95. The molecule has 2 atom stereocenters. The highest BCUT2D eigenvalue weighted by Gasteiger charge is 2.32. The van der Waals surface area contributed by atoms with Crippen LogP contribution in [0, 0.1) is 11.8 Å². The van der Waals surface area contributed by atoms with E-state index >= 15 is 0 Å². The third-order valence-corrected chi connectivity index (χ3v) is 4.37. The molecule has 1 aliphatic carbocycles. The number of halogens is 1. The number of amides is 1. The highest BCUT2D eigenvalue weighted by Crippen LogP contribution is 2.31. The van der Waals surface area contributed by atoms with Gasteiger partial charge in [-0.25, -0.2) is 0 Å². The van der Waals surface area contributed by atoms with Gasteiger partial charge in [-0.3, -0.25) is 4.79 Å². The summed E-state index contributed by atoms with van der Waals surface area (Å²) < 4.78 is 0. The fraction of sp³-hybridized carbons (Fsp3) is 0.923. The SMILES string of the molecule is CC1CCCN(C(=O)CC2CCC2)C1CN.Cl. The van der Waals surface area contributed by atoms with Crippen LogP contribution in [0.1, 0.15) is 45.4 Å². The van der Waals surface area contributed by atoms with Gasteiger partial charge >= 0.3 is 0 Å². The maximum absolute atomic E-state index is 12.2. The second-order valence-corrected chi connectivity index (χ2v) is 5.51. The second kappa shape index (κ2) is 6.60. The summed E-state index contributed by atoms with van der Waals surface area (Å²) >= 11 is 0. The zero-order chi connectivity index (χ0) is 11.5. The molecule has 0 radical (unpaired) electrons. The monoisotopic (exact) mass is 260 g/mol. The fourth-order valence-corrected chi connectivity index (χ4v) is 2.98. The van der Waals surface area contributed by atoms with Crippen molar-refractivity contribution in [3.8, 4) is 0 Å². The van der Waals surface area contributed by atoms with Gasteiger partial charge in [-0.15, -0.1) is 12.4 Å². The molecule has 1 saturated carbocycles. The number of likely N-dealkylation sites (tertiary alicyclic amines) is 1. The van der Waals surface area contributed by atoms with Crippen molar-refractivity contribution in [1.29, 1.82) is 0 Å². The molecule has 1 heterocycles. The summed E-state index contributed by atoms with van der Waals surface area (Å²) in [4.78, 5) is 14.2. The van der Waals surface area contributed by atoms with E-state index in [1.807, 2.05) is 0 Å². The molecule has 0 aromatic heterocycles. The lowest BCUT2D eigenvalue weighted by Crippen LogP contribution is -2.51. The molecule has 2 N–H and O–H groups in total. The van der Waals surface area contributed by atoms with E-state index in [-0.39, 0.29) is 12.4 Å². The number of hydrogen-bond donors (Lipinski definition) is 1. The molecule has 0 aromatic rings. The third kappa shape index (κ3) is 3.35. The van der Waals surface area contributed by atoms with Crippen LogP contribution in [0.4, 0.5) is 0 Å². The maximum Gasteiger partial charge on any atom is 0.223 e. The van der Waals surface area contributed by atoms with E-state index in [0.717, 1.165) is 19.4 Å². The van der Waals surface area contributed by atoms with Crippen LogP contribution in [0.25, 0.3) is 0 Å². The number of nitrogens with zero attached hydrogens (tertiary/aromatic N) is 1. The van der Waals surface area contributed by atoms with E-state index in [1.165, 1.54) is 25.7 Å². The molecule has 1 amide bonds. The van der Waals surface area contributed by atoms with Gasteiger partial charge in [-0.05, 0) is 37.5 Å². The van der Waals surface area contributed by atoms with Crippen molar-refractivity contribution in [1.82, 2.24) is 4.90 Å². The van der Waals surface area contributed by atoms with Gasteiger partial charge in [0.1, 0.15) is 0 Å². The van der Waals surface area contributed by atoms with E-state index in [1.54, 1.807) is 0 Å². The number of rotatable bonds is 3. The van der Waals surface area contributed by atoms with Crippen molar-refractivity contribution < 1.29 is 4.79 Å². The molecule has 4 heteroatoms. The number of piperidine rings is 1. The van der Waals surface area contributed by atoms with Gasteiger partial charge in [-0.2, -0.15) is 0 Å². The summed E-state index contributed by atoms with van der Waals surface area (Å²) in [6, 6.07) is 0.293. The smallest absolute Gasteiger partial charge is 0.223 e. The lowest BCUT2D eigenvalue weighted by atomic mass is 9.82. The minimum Gasteiger partial charge on any atom is -0.338 e. The van der Waals surface area contributed by atoms with Crippen LogP contribution in [0.2, 0.25) is 0 Å². The van der Waals surface area contributed by atoms with Gasteiger partial charge in [0.05, 0.1) is 0 Å². The highest BCUT2D eigenvalue weighted by atomic mass is 35.5. The van der Waals surface area contributed by atoms with Crippen LogP contribution < -0.4 is 5.73 Å². The van der Waals surface area contributed by atoms with Crippen molar-refractivity contribution in [2.45, 2.75) is 51.5 Å². The lowest BCUT2D eigenvalue weighted by Gasteiger charge is -2.40. The first kappa shape index (κ1) is 14.8. The molecular formula is C13H25ClN2O. The Labute approximate surface area is 111 Å². The molecule has 1 aliphatic heterocycles. The Kier molecular flexibility index (Phi) is 5.74. The molecular weight excluding hydrogens is 236 g/mol. The van der Waals surface area contributed by atoms with Gasteiger partial charge < -0.3 is 10.6 Å². The summed E-state index contributed by atoms with van der Waals surface area (Å²) in [5, 5.41) is 0. The van der Waals surface area contributed by atoms with E-state index in [2.05, 4.69) is 11.8 Å². The molecule has 0 bridgehead atoms. The zero-order valence-corrected chi connectivity index (χ0v) is 11.5. The minimum atomic E-state index is 0. The topological polar surface area (TPSA) is 46.3 Å². The number of carbonyl (C=O) groups is 1. The Bertz CT molecular complexity index is 256. The Morgan fingerprint density at radius 3 is 2.53 bits per heavy atom. The fourth-order valence-electron chi connectivity index (χ4n) is 2.98. The molecule has 17 heavy (non-hydrogen) atoms. The first-order chi connectivity index (χ1) is 7.72.